The Morgan fingerprint density at radius 3 is 2.36 bits per heavy atom. The Kier molecular flexibility index (Phi) is 5.64. The molecule has 2 aromatic rings. The maximum Gasteiger partial charge on any atom is 0.262 e. The summed E-state index contributed by atoms with van der Waals surface area (Å²) in [7, 11) is 0. The summed E-state index contributed by atoms with van der Waals surface area (Å²) >= 11 is 0. The number of rotatable bonds is 4. The number of amides is 1. The first kappa shape index (κ1) is 18.7. The van der Waals surface area contributed by atoms with Gasteiger partial charge in [-0.2, -0.15) is 0 Å². The fraction of sp³-hybridized carbons (Fsp3) is 0.278. The SMILES string of the molecule is Cc1cc(C)c(OCC(=O)Nc2cc3c(cc2N)OCO3)c(C)c1.Cl. The Hall–Kier alpha value is -2.60. The fourth-order valence-corrected chi connectivity index (χ4v) is 2.78. The molecule has 2 aromatic carbocycles. The van der Waals surface area contributed by atoms with E-state index < -0.39 is 0 Å². The monoisotopic (exact) mass is 364 g/mol. The van der Waals surface area contributed by atoms with Crippen molar-refractivity contribution in [1.29, 1.82) is 0 Å². The van der Waals surface area contributed by atoms with E-state index >= 15 is 0 Å². The number of halogens is 1. The number of anilines is 2. The van der Waals surface area contributed by atoms with Crippen LogP contribution in [0.25, 0.3) is 0 Å². The normalized spacial score (nSPS) is 11.6. The molecular weight excluding hydrogens is 344 g/mol. The number of carbonyl (C=O) groups is 1. The van der Waals surface area contributed by atoms with Crippen molar-refractivity contribution >= 4 is 29.7 Å². The third-order valence-electron chi connectivity index (χ3n) is 3.77. The van der Waals surface area contributed by atoms with Gasteiger partial charge >= 0.3 is 0 Å². The third kappa shape index (κ3) is 4.09. The Balaban J connectivity index is 0.00000225. The summed E-state index contributed by atoms with van der Waals surface area (Å²) in [6.45, 7) is 6.00. The number of nitrogen functional groups attached to an aromatic ring is 1. The molecule has 25 heavy (non-hydrogen) atoms. The predicted molar refractivity (Wildman–Crippen MR) is 99.0 cm³/mol. The van der Waals surface area contributed by atoms with Gasteiger partial charge < -0.3 is 25.3 Å². The lowest BCUT2D eigenvalue weighted by Crippen LogP contribution is -2.21. The van der Waals surface area contributed by atoms with Gasteiger partial charge in [0, 0.05) is 12.1 Å². The van der Waals surface area contributed by atoms with Gasteiger partial charge in [0.1, 0.15) is 5.75 Å². The van der Waals surface area contributed by atoms with Crippen molar-refractivity contribution in [3.8, 4) is 17.2 Å². The molecule has 0 unspecified atom stereocenters. The summed E-state index contributed by atoms with van der Waals surface area (Å²) in [5.41, 5.74) is 9.98. The van der Waals surface area contributed by atoms with Crippen LogP contribution in [0.3, 0.4) is 0 Å². The van der Waals surface area contributed by atoms with Crippen LogP contribution >= 0.6 is 12.4 Å². The highest BCUT2D eigenvalue weighted by molar-refractivity contribution is 5.95. The lowest BCUT2D eigenvalue weighted by atomic mass is 10.1. The molecule has 3 N–H and O–H groups in total. The predicted octanol–water partition coefficient (Wildman–Crippen LogP) is 3.36. The molecule has 1 aliphatic heterocycles. The van der Waals surface area contributed by atoms with E-state index in [-0.39, 0.29) is 31.7 Å². The second kappa shape index (κ2) is 7.53. The molecule has 1 heterocycles. The van der Waals surface area contributed by atoms with E-state index in [1.54, 1.807) is 12.1 Å². The highest BCUT2D eigenvalue weighted by atomic mass is 35.5. The number of fused-ring (bicyclic) bond motifs is 1. The van der Waals surface area contributed by atoms with Crippen LogP contribution in [0.5, 0.6) is 17.2 Å². The summed E-state index contributed by atoms with van der Waals surface area (Å²) in [5.74, 6) is 1.58. The second-order valence-corrected chi connectivity index (χ2v) is 5.86. The maximum atomic E-state index is 12.2. The van der Waals surface area contributed by atoms with E-state index in [0.29, 0.717) is 22.9 Å². The summed E-state index contributed by atoms with van der Waals surface area (Å²) in [6.07, 6.45) is 0. The minimum absolute atomic E-state index is 0. The summed E-state index contributed by atoms with van der Waals surface area (Å²) in [4.78, 5) is 12.2. The van der Waals surface area contributed by atoms with Crippen molar-refractivity contribution in [2.75, 3.05) is 24.5 Å². The summed E-state index contributed by atoms with van der Waals surface area (Å²) in [6, 6.07) is 7.33. The third-order valence-corrected chi connectivity index (χ3v) is 3.77. The molecule has 0 aliphatic carbocycles. The fourth-order valence-electron chi connectivity index (χ4n) is 2.78. The number of benzene rings is 2. The van der Waals surface area contributed by atoms with E-state index in [2.05, 4.69) is 5.32 Å². The van der Waals surface area contributed by atoms with Crippen molar-refractivity contribution in [3.63, 3.8) is 0 Å². The van der Waals surface area contributed by atoms with E-state index in [0.717, 1.165) is 22.4 Å². The number of hydrogen-bond acceptors (Lipinski definition) is 5. The number of nitrogens with one attached hydrogen (secondary N) is 1. The Labute approximate surface area is 152 Å². The molecule has 0 radical (unpaired) electrons. The smallest absolute Gasteiger partial charge is 0.262 e. The molecule has 0 saturated carbocycles. The lowest BCUT2D eigenvalue weighted by Gasteiger charge is -2.14. The Morgan fingerprint density at radius 2 is 1.72 bits per heavy atom. The van der Waals surface area contributed by atoms with Gasteiger partial charge in [0.05, 0.1) is 11.4 Å². The van der Waals surface area contributed by atoms with Crippen LogP contribution in [0.15, 0.2) is 24.3 Å². The van der Waals surface area contributed by atoms with Gasteiger partial charge in [0.25, 0.3) is 5.91 Å². The first-order valence-corrected chi connectivity index (χ1v) is 7.63. The van der Waals surface area contributed by atoms with Crippen molar-refractivity contribution in [1.82, 2.24) is 0 Å². The molecule has 0 atom stereocenters. The van der Waals surface area contributed by atoms with Crippen LogP contribution in [0.1, 0.15) is 16.7 Å². The summed E-state index contributed by atoms with van der Waals surface area (Å²) < 4.78 is 16.2. The highest BCUT2D eigenvalue weighted by Crippen LogP contribution is 2.38. The maximum absolute atomic E-state index is 12.2. The zero-order valence-corrected chi connectivity index (χ0v) is 15.2. The molecule has 6 nitrogen and oxygen atoms in total. The van der Waals surface area contributed by atoms with Crippen LogP contribution in [0.2, 0.25) is 0 Å². The van der Waals surface area contributed by atoms with Crippen molar-refractivity contribution in [3.05, 3.63) is 41.0 Å². The minimum atomic E-state index is -0.292. The van der Waals surface area contributed by atoms with Crippen molar-refractivity contribution in [2.45, 2.75) is 20.8 Å². The molecular formula is C18H21ClN2O4. The van der Waals surface area contributed by atoms with Crippen LogP contribution in [0, 0.1) is 20.8 Å². The number of aryl methyl sites for hydroxylation is 3. The average molecular weight is 365 g/mol. The van der Waals surface area contributed by atoms with Gasteiger partial charge in [-0.05, 0) is 31.9 Å². The molecule has 1 amide bonds. The molecule has 0 bridgehead atoms. The zero-order valence-electron chi connectivity index (χ0n) is 14.3. The minimum Gasteiger partial charge on any atom is -0.483 e. The van der Waals surface area contributed by atoms with E-state index in [9.17, 15) is 4.79 Å². The van der Waals surface area contributed by atoms with Crippen molar-refractivity contribution in [2.24, 2.45) is 0 Å². The Bertz CT molecular complexity index is 785. The Morgan fingerprint density at radius 1 is 1.12 bits per heavy atom. The molecule has 0 aromatic heterocycles. The number of nitrogens with two attached hydrogens (primary N) is 1. The van der Waals surface area contributed by atoms with E-state index in [1.165, 1.54) is 0 Å². The van der Waals surface area contributed by atoms with E-state index in [1.807, 2.05) is 32.9 Å². The van der Waals surface area contributed by atoms with Crippen LogP contribution in [0.4, 0.5) is 11.4 Å². The van der Waals surface area contributed by atoms with Gasteiger partial charge in [-0.1, -0.05) is 17.7 Å². The molecule has 1 aliphatic rings. The van der Waals surface area contributed by atoms with Crippen LogP contribution in [-0.2, 0) is 4.79 Å². The number of carbonyl (C=O) groups excluding carboxylic acids is 1. The number of ether oxygens (including phenoxy) is 3. The van der Waals surface area contributed by atoms with E-state index in [4.69, 9.17) is 19.9 Å². The topological polar surface area (TPSA) is 82.8 Å². The first-order valence-electron chi connectivity index (χ1n) is 7.63. The molecule has 0 spiro atoms. The molecule has 0 saturated heterocycles. The molecule has 7 heteroatoms. The van der Waals surface area contributed by atoms with Gasteiger partial charge in [-0.25, -0.2) is 0 Å². The van der Waals surface area contributed by atoms with Gasteiger partial charge in [0.2, 0.25) is 6.79 Å². The number of hydrogen-bond donors (Lipinski definition) is 2. The van der Waals surface area contributed by atoms with Gasteiger partial charge in [0.15, 0.2) is 18.1 Å². The summed E-state index contributed by atoms with van der Waals surface area (Å²) in [5, 5.41) is 2.74. The van der Waals surface area contributed by atoms with Gasteiger partial charge in [-0.3, -0.25) is 4.79 Å². The van der Waals surface area contributed by atoms with Crippen LogP contribution < -0.4 is 25.3 Å². The standard InChI is InChI=1S/C18H20N2O4.ClH/c1-10-4-11(2)18(12(3)5-10)22-8-17(21)20-14-7-16-15(6-13(14)19)23-9-24-16;/h4-7H,8-9,19H2,1-3H3,(H,20,21);1H. The second-order valence-electron chi connectivity index (χ2n) is 5.86. The lowest BCUT2D eigenvalue weighted by molar-refractivity contribution is -0.118. The van der Waals surface area contributed by atoms with Crippen LogP contribution in [-0.4, -0.2) is 19.3 Å². The first-order chi connectivity index (χ1) is 11.4. The molecule has 134 valence electrons. The molecule has 0 fully saturated rings. The average Bonchev–Trinajstić information content (AvgIpc) is 2.93. The highest BCUT2D eigenvalue weighted by Gasteiger charge is 2.17. The quantitative estimate of drug-likeness (QED) is 0.813. The van der Waals surface area contributed by atoms with Crippen molar-refractivity contribution < 1.29 is 19.0 Å². The zero-order chi connectivity index (χ0) is 17.3. The van der Waals surface area contributed by atoms with Gasteiger partial charge in [-0.15, -0.1) is 12.4 Å². The largest absolute Gasteiger partial charge is 0.483 e. The molecule has 3 rings (SSSR count).